The van der Waals surface area contributed by atoms with Crippen LogP contribution in [0.15, 0.2) is 24.3 Å². The van der Waals surface area contributed by atoms with Gasteiger partial charge >= 0.3 is 5.97 Å². The molecule has 1 aromatic carbocycles. The van der Waals surface area contributed by atoms with E-state index in [4.69, 9.17) is 4.74 Å². The Bertz CT molecular complexity index is 901. The Morgan fingerprint density at radius 2 is 1.73 bits per heavy atom. The van der Waals surface area contributed by atoms with Crippen LogP contribution in [-0.2, 0) is 22.2 Å². The average Bonchev–Trinajstić information content (AvgIpc) is 3.01. The first-order valence-electron chi connectivity index (χ1n) is 7.94. The van der Waals surface area contributed by atoms with E-state index in [0.717, 1.165) is 4.57 Å². The minimum atomic E-state index is -1.82. The van der Waals surface area contributed by atoms with E-state index >= 15 is 0 Å². The van der Waals surface area contributed by atoms with Gasteiger partial charge < -0.3 is 25.0 Å². The molecule has 8 heteroatoms. The number of benzene rings is 1. The molecule has 8 nitrogen and oxygen atoms in total. The number of ether oxygens (including phenoxy) is 1. The molecule has 1 aliphatic heterocycles. The molecule has 3 rings (SSSR count). The van der Waals surface area contributed by atoms with Gasteiger partial charge in [-0.05, 0) is 24.6 Å². The third kappa shape index (κ3) is 2.08. The summed E-state index contributed by atoms with van der Waals surface area (Å²) in [5, 5.41) is 30.9. The highest BCUT2D eigenvalue weighted by Crippen LogP contribution is 2.56. The largest absolute Gasteiger partial charge is 0.497 e. The van der Waals surface area contributed by atoms with Gasteiger partial charge in [0.1, 0.15) is 5.75 Å². The molecule has 138 valence electrons. The standard InChI is InChI=1S/C18H20N2O6/c1-9(21)20-14(10-5-7-11(26-4)8-6-10)12-13(18(20,2)17(24)25)16(23)19(3)15(12)22/h5-8,14,22-23H,1-4H3,(H,24,25)/t14-,18-/m0/s1. The molecule has 0 aliphatic carbocycles. The fourth-order valence-electron chi connectivity index (χ4n) is 3.74. The summed E-state index contributed by atoms with van der Waals surface area (Å²) in [5.74, 6) is -1.86. The number of rotatable bonds is 3. The molecule has 0 unspecified atom stereocenters. The molecule has 2 atom stereocenters. The number of amides is 1. The predicted molar refractivity (Wildman–Crippen MR) is 91.1 cm³/mol. The van der Waals surface area contributed by atoms with Gasteiger partial charge in [0.05, 0.1) is 24.3 Å². The van der Waals surface area contributed by atoms with E-state index < -0.39 is 23.5 Å². The Labute approximate surface area is 149 Å². The van der Waals surface area contributed by atoms with Crippen molar-refractivity contribution in [3.63, 3.8) is 0 Å². The normalized spacial score (nSPS) is 21.5. The molecule has 0 radical (unpaired) electrons. The summed E-state index contributed by atoms with van der Waals surface area (Å²) in [4.78, 5) is 25.7. The van der Waals surface area contributed by atoms with Gasteiger partial charge in [0.25, 0.3) is 0 Å². The van der Waals surface area contributed by atoms with Crippen molar-refractivity contribution in [2.24, 2.45) is 7.05 Å². The molecular formula is C18H20N2O6. The maximum atomic E-state index is 12.4. The fraction of sp³-hybridized carbons (Fsp3) is 0.333. The highest BCUT2D eigenvalue weighted by Gasteiger charge is 2.58. The number of hydrogen-bond donors (Lipinski definition) is 3. The monoisotopic (exact) mass is 360 g/mol. The number of hydrogen-bond acceptors (Lipinski definition) is 5. The van der Waals surface area contributed by atoms with Crippen LogP contribution < -0.4 is 4.74 Å². The molecule has 0 saturated carbocycles. The van der Waals surface area contributed by atoms with Gasteiger partial charge in [-0.1, -0.05) is 12.1 Å². The van der Waals surface area contributed by atoms with Crippen LogP contribution in [0.3, 0.4) is 0 Å². The number of carbonyl (C=O) groups is 2. The lowest BCUT2D eigenvalue weighted by atomic mass is 9.93. The topological polar surface area (TPSA) is 112 Å². The smallest absolute Gasteiger partial charge is 0.334 e. The summed E-state index contributed by atoms with van der Waals surface area (Å²) < 4.78 is 6.24. The van der Waals surface area contributed by atoms with Crippen LogP contribution >= 0.6 is 0 Å². The van der Waals surface area contributed by atoms with Gasteiger partial charge in [-0.2, -0.15) is 0 Å². The van der Waals surface area contributed by atoms with Crippen LogP contribution in [0.5, 0.6) is 17.5 Å². The zero-order chi connectivity index (χ0) is 19.4. The van der Waals surface area contributed by atoms with Crippen molar-refractivity contribution in [2.75, 3.05) is 7.11 Å². The average molecular weight is 360 g/mol. The van der Waals surface area contributed by atoms with Gasteiger partial charge in [-0.3, -0.25) is 9.36 Å². The van der Waals surface area contributed by atoms with E-state index in [2.05, 4.69) is 0 Å². The summed E-state index contributed by atoms with van der Waals surface area (Å²) in [6.45, 7) is 2.61. The first-order chi connectivity index (χ1) is 12.2. The molecule has 0 fully saturated rings. The summed E-state index contributed by atoms with van der Waals surface area (Å²) >= 11 is 0. The third-order valence-corrected chi connectivity index (χ3v) is 5.06. The number of nitrogens with zero attached hydrogens (tertiary/aromatic N) is 2. The second-order valence-electron chi connectivity index (χ2n) is 6.44. The first kappa shape index (κ1) is 17.7. The molecule has 1 aliphatic rings. The molecule has 3 N–H and O–H groups in total. The number of aliphatic carboxylic acids is 1. The van der Waals surface area contributed by atoms with Crippen molar-refractivity contribution in [2.45, 2.75) is 25.4 Å². The molecule has 0 bridgehead atoms. The van der Waals surface area contributed by atoms with E-state index in [1.54, 1.807) is 24.3 Å². The first-order valence-corrected chi connectivity index (χ1v) is 7.94. The van der Waals surface area contributed by atoms with E-state index in [1.165, 1.54) is 32.9 Å². The van der Waals surface area contributed by atoms with E-state index in [9.17, 15) is 24.9 Å². The van der Waals surface area contributed by atoms with Crippen LogP contribution in [0.1, 0.15) is 36.6 Å². The third-order valence-electron chi connectivity index (χ3n) is 5.06. The maximum absolute atomic E-state index is 12.4. The van der Waals surface area contributed by atoms with Crippen LogP contribution in [0.2, 0.25) is 0 Å². The van der Waals surface area contributed by atoms with Crippen LogP contribution in [0, 0.1) is 0 Å². The van der Waals surface area contributed by atoms with Crippen LogP contribution in [0.4, 0.5) is 0 Å². The SMILES string of the molecule is COc1ccc([C@H]2c3c(c(O)n(C)c3O)[C@@](C)(C(=O)O)N2C(C)=O)cc1. The number of carboxylic acids is 1. The summed E-state index contributed by atoms with van der Waals surface area (Å²) in [7, 11) is 2.95. The Balaban J connectivity index is 2.34. The highest BCUT2D eigenvalue weighted by molar-refractivity contribution is 5.91. The summed E-state index contributed by atoms with van der Waals surface area (Å²) in [6, 6.07) is 5.90. The fourth-order valence-corrected chi connectivity index (χ4v) is 3.74. The van der Waals surface area contributed by atoms with E-state index in [-0.39, 0.29) is 22.9 Å². The Kier molecular flexibility index (Phi) is 3.86. The Hall–Kier alpha value is -3.16. The van der Waals surface area contributed by atoms with E-state index in [0.29, 0.717) is 11.3 Å². The van der Waals surface area contributed by atoms with Crippen molar-refractivity contribution in [1.82, 2.24) is 9.47 Å². The lowest BCUT2D eigenvalue weighted by molar-refractivity contribution is -0.158. The quantitative estimate of drug-likeness (QED) is 0.768. The number of aromatic hydroxyl groups is 2. The second-order valence-corrected chi connectivity index (χ2v) is 6.44. The number of carbonyl (C=O) groups excluding carboxylic acids is 1. The minimum absolute atomic E-state index is 0.0148. The van der Waals surface area contributed by atoms with Gasteiger partial charge in [0, 0.05) is 14.0 Å². The van der Waals surface area contributed by atoms with Crippen molar-refractivity contribution in [1.29, 1.82) is 0 Å². The number of aromatic nitrogens is 1. The van der Waals surface area contributed by atoms with Crippen molar-refractivity contribution < 1.29 is 29.6 Å². The molecule has 0 spiro atoms. The molecule has 0 saturated heterocycles. The lowest BCUT2D eigenvalue weighted by Gasteiger charge is -2.36. The van der Waals surface area contributed by atoms with E-state index in [1.807, 2.05) is 0 Å². The van der Waals surface area contributed by atoms with Crippen molar-refractivity contribution >= 4 is 11.9 Å². The second kappa shape index (κ2) is 5.69. The molecule has 1 amide bonds. The maximum Gasteiger partial charge on any atom is 0.334 e. The van der Waals surface area contributed by atoms with Gasteiger partial charge in [-0.25, -0.2) is 4.79 Å². The lowest BCUT2D eigenvalue weighted by Crippen LogP contribution is -2.49. The van der Waals surface area contributed by atoms with Gasteiger partial charge in [0.15, 0.2) is 17.3 Å². The zero-order valence-electron chi connectivity index (χ0n) is 14.8. The molecule has 1 aromatic heterocycles. The molecule has 26 heavy (non-hydrogen) atoms. The number of methoxy groups -OCH3 is 1. The molecule has 2 heterocycles. The Morgan fingerprint density at radius 3 is 2.19 bits per heavy atom. The van der Waals surface area contributed by atoms with Gasteiger partial charge in [-0.15, -0.1) is 0 Å². The molecular weight excluding hydrogens is 340 g/mol. The zero-order valence-corrected chi connectivity index (χ0v) is 14.8. The Morgan fingerprint density at radius 1 is 1.15 bits per heavy atom. The highest BCUT2D eigenvalue weighted by atomic mass is 16.5. The number of carboxylic acid groups (broad SMARTS) is 1. The van der Waals surface area contributed by atoms with Crippen LogP contribution in [-0.4, -0.2) is 43.8 Å². The van der Waals surface area contributed by atoms with Crippen LogP contribution in [0.25, 0.3) is 0 Å². The predicted octanol–water partition coefficient (Wildman–Crippen LogP) is 1.70. The van der Waals surface area contributed by atoms with Gasteiger partial charge in [0.2, 0.25) is 5.91 Å². The number of fused-ring (bicyclic) bond motifs is 1. The summed E-state index contributed by atoms with van der Waals surface area (Å²) in [5.41, 5.74) is -1.02. The summed E-state index contributed by atoms with van der Waals surface area (Å²) in [6.07, 6.45) is 0. The minimum Gasteiger partial charge on any atom is -0.497 e. The van der Waals surface area contributed by atoms with Crippen molar-refractivity contribution in [3.8, 4) is 17.5 Å². The van der Waals surface area contributed by atoms with Crippen molar-refractivity contribution in [3.05, 3.63) is 41.0 Å². The molecule has 2 aromatic rings.